The Balaban J connectivity index is 1.86. The van der Waals surface area contributed by atoms with Gasteiger partial charge >= 0.3 is 0 Å². The molecule has 0 radical (unpaired) electrons. The number of nitrogens with zero attached hydrogens (tertiary/aromatic N) is 1. The lowest BCUT2D eigenvalue weighted by atomic mass is 10.1. The summed E-state index contributed by atoms with van der Waals surface area (Å²) < 4.78 is 12.4. The summed E-state index contributed by atoms with van der Waals surface area (Å²) in [6, 6.07) is 11.3. The predicted molar refractivity (Wildman–Crippen MR) is 118 cm³/mol. The number of ether oxygens (including phenoxy) is 2. The van der Waals surface area contributed by atoms with Crippen LogP contribution in [0.2, 0.25) is 0 Å². The average Bonchev–Trinajstić information content (AvgIpc) is 2.90. The van der Waals surface area contributed by atoms with Crippen LogP contribution in [0.1, 0.15) is 11.1 Å². The van der Waals surface area contributed by atoms with E-state index in [1.165, 1.54) is 4.90 Å². The molecule has 1 aliphatic rings. The predicted octanol–water partition coefficient (Wildman–Crippen LogP) is 5.31. The lowest BCUT2D eigenvalue weighted by molar-refractivity contribution is -0.123. The molecule has 0 unspecified atom stereocenters. The van der Waals surface area contributed by atoms with Crippen molar-refractivity contribution in [3.8, 4) is 11.5 Å². The third kappa shape index (κ3) is 4.49. The van der Waals surface area contributed by atoms with Crippen LogP contribution in [0, 0.1) is 3.57 Å². The third-order valence-corrected chi connectivity index (χ3v) is 6.10. The van der Waals surface area contributed by atoms with Gasteiger partial charge in [-0.15, -0.1) is 0 Å². The van der Waals surface area contributed by atoms with Crippen molar-refractivity contribution >= 4 is 67.5 Å². The van der Waals surface area contributed by atoms with Crippen molar-refractivity contribution in [2.45, 2.75) is 6.54 Å². The van der Waals surface area contributed by atoms with Crippen LogP contribution in [-0.4, -0.2) is 30.3 Å². The largest absolute Gasteiger partial charge is 0.493 e. The first-order chi connectivity index (χ1) is 12.9. The molecule has 0 aliphatic carbocycles. The molecule has 1 heterocycles. The van der Waals surface area contributed by atoms with E-state index < -0.39 is 0 Å². The van der Waals surface area contributed by atoms with Gasteiger partial charge in [-0.25, -0.2) is 0 Å². The van der Waals surface area contributed by atoms with Gasteiger partial charge < -0.3 is 9.47 Å². The van der Waals surface area contributed by atoms with Gasteiger partial charge in [-0.1, -0.05) is 12.1 Å². The van der Waals surface area contributed by atoms with Crippen LogP contribution in [0.4, 0.5) is 4.79 Å². The van der Waals surface area contributed by atoms with Crippen molar-refractivity contribution in [3.05, 3.63) is 60.5 Å². The van der Waals surface area contributed by atoms with Gasteiger partial charge in [0, 0.05) is 3.57 Å². The molecule has 0 saturated carbocycles. The Bertz CT molecular complexity index is 930. The second kappa shape index (κ2) is 8.66. The number of carbonyl (C=O) groups excluding carboxylic acids is 2. The highest BCUT2D eigenvalue weighted by atomic mass is 127. The lowest BCUT2D eigenvalue weighted by Crippen LogP contribution is -2.27. The van der Waals surface area contributed by atoms with E-state index in [1.54, 1.807) is 26.4 Å². The van der Waals surface area contributed by atoms with Crippen molar-refractivity contribution in [1.29, 1.82) is 0 Å². The standard InChI is InChI=1S/C19H15BrINO4S/c1-25-15-8-12(7-14(20)17(15)26-2)9-16-18(23)22(19(24)27-16)10-11-3-5-13(21)6-4-11/h3-9H,10H2,1-2H3/b16-9+. The molecule has 27 heavy (non-hydrogen) atoms. The van der Waals surface area contributed by atoms with Gasteiger partial charge in [0.2, 0.25) is 0 Å². The zero-order valence-corrected chi connectivity index (χ0v) is 19.1. The number of hydrogen-bond donors (Lipinski definition) is 0. The fourth-order valence-corrected chi connectivity index (χ4v) is 4.40. The molecule has 1 saturated heterocycles. The smallest absolute Gasteiger partial charge is 0.293 e. The zero-order chi connectivity index (χ0) is 19.6. The summed E-state index contributed by atoms with van der Waals surface area (Å²) in [6.07, 6.45) is 1.69. The normalized spacial score (nSPS) is 15.6. The van der Waals surface area contributed by atoms with E-state index in [1.807, 2.05) is 30.3 Å². The number of thioether (sulfide) groups is 1. The quantitative estimate of drug-likeness (QED) is 0.367. The molecule has 3 rings (SSSR count). The molecular weight excluding hydrogens is 545 g/mol. The molecule has 1 aliphatic heterocycles. The van der Waals surface area contributed by atoms with Crippen molar-refractivity contribution in [2.75, 3.05) is 14.2 Å². The van der Waals surface area contributed by atoms with Crippen LogP contribution in [0.5, 0.6) is 11.5 Å². The van der Waals surface area contributed by atoms with Crippen LogP contribution in [0.3, 0.4) is 0 Å². The molecule has 1 fully saturated rings. The Morgan fingerprint density at radius 1 is 1.15 bits per heavy atom. The van der Waals surface area contributed by atoms with Gasteiger partial charge in [-0.2, -0.15) is 0 Å². The highest BCUT2D eigenvalue weighted by molar-refractivity contribution is 14.1. The van der Waals surface area contributed by atoms with E-state index in [-0.39, 0.29) is 17.7 Å². The number of carbonyl (C=O) groups is 2. The highest BCUT2D eigenvalue weighted by Crippen LogP contribution is 2.39. The minimum atomic E-state index is -0.297. The van der Waals surface area contributed by atoms with Crippen LogP contribution < -0.4 is 9.47 Å². The Morgan fingerprint density at radius 2 is 1.85 bits per heavy atom. The second-order valence-electron chi connectivity index (χ2n) is 5.63. The molecule has 8 heteroatoms. The maximum absolute atomic E-state index is 12.7. The average molecular weight is 560 g/mol. The summed E-state index contributed by atoms with van der Waals surface area (Å²) >= 11 is 6.59. The first-order valence-corrected chi connectivity index (χ1v) is 10.5. The summed E-state index contributed by atoms with van der Waals surface area (Å²) in [7, 11) is 3.10. The summed E-state index contributed by atoms with van der Waals surface area (Å²) in [5.41, 5.74) is 1.65. The summed E-state index contributed by atoms with van der Waals surface area (Å²) in [5, 5.41) is -0.274. The van der Waals surface area contributed by atoms with Gasteiger partial charge in [0.05, 0.1) is 30.1 Å². The van der Waals surface area contributed by atoms with E-state index >= 15 is 0 Å². The molecule has 2 aromatic rings. The fourth-order valence-electron chi connectivity index (χ4n) is 2.58. The number of amides is 2. The summed E-state index contributed by atoms with van der Waals surface area (Å²) in [5.74, 6) is 0.812. The molecular formula is C19H15BrINO4S. The second-order valence-corrected chi connectivity index (χ2v) is 8.73. The van der Waals surface area contributed by atoms with Crippen LogP contribution >= 0.6 is 50.3 Å². The minimum absolute atomic E-state index is 0.258. The van der Waals surface area contributed by atoms with E-state index in [9.17, 15) is 9.59 Å². The van der Waals surface area contributed by atoms with E-state index in [2.05, 4.69) is 38.5 Å². The number of benzene rings is 2. The number of imide groups is 1. The van der Waals surface area contributed by atoms with Crippen LogP contribution in [0.25, 0.3) is 6.08 Å². The molecule has 0 aromatic heterocycles. The monoisotopic (exact) mass is 559 g/mol. The third-order valence-electron chi connectivity index (χ3n) is 3.88. The Hall–Kier alpha value is -1.52. The maximum atomic E-state index is 12.7. The Kier molecular flexibility index (Phi) is 6.48. The van der Waals surface area contributed by atoms with E-state index in [0.29, 0.717) is 20.9 Å². The SMILES string of the molecule is COc1cc(/C=C2/SC(=O)N(Cc3ccc(I)cc3)C2=O)cc(Br)c1OC. The van der Waals surface area contributed by atoms with Crippen molar-refractivity contribution in [3.63, 3.8) is 0 Å². The first-order valence-electron chi connectivity index (χ1n) is 7.84. The molecule has 2 aromatic carbocycles. The van der Waals surface area contributed by atoms with Crippen LogP contribution in [0.15, 0.2) is 45.8 Å². The molecule has 0 atom stereocenters. The summed E-state index contributed by atoms with van der Waals surface area (Å²) in [4.78, 5) is 26.7. The fraction of sp³-hybridized carbons (Fsp3) is 0.158. The van der Waals surface area contributed by atoms with E-state index in [0.717, 1.165) is 26.5 Å². The van der Waals surface area contributed by atoms with Crippen LogP contribution in [-0.2, 0) is 11.3 Å². The lowest BCUT2D eigenvalue weighted by Gasteiger charge is -2.12. The molecule has 0 N–H and O–H groups in total. The molecule has 140 valence electrons. The highest BCUT2D eigenvalue weighted by Gasteiger charge is 2.35. The van der Waals surface area contributed by atoms with Crippen molar-refractivity contribution in [2.24, 2.45) is 0 Å². The van der Waals surface area contributed by atoms with Crippen molar-refractivity contribution in [1.82, 2.24) is 4.90 Å². The Labute approximate surface area is 183 Å². The van der Waals surface area contributed by atoms with Gasteiger partial charge in [0.15, 0.2) is 11.5 Å². The van der Waals surface area contributed by atoms with Crippen molar-refractivity contribution < 1.29 is 19.1 Å². The molecule has 2 amide bonds. The Morgan fingerprint density at radius 3 is 2.48 bits per heavy atom. The maximum Gasteiger partial charge on any atom is 0.293 e. The molecule has 0 spiro atoms. The zero-order valence-electron chi connectivity index (χ0n) is 14.5. The molecule has 5 nitrogen and oxygen atoms in total. The first kappa shape index (κ1) is 20.2. The molecule has 0 bridgehead atoms. The number of methoxy groups -OCH3 is 2. The van der Waals surface area contributed by atoms with Gasteiger partial charge in [0.25, 0.3) is 11.1 Å². The number of rotatable bonds is 5. The van der Waals surface area contributed by atoms with Gasteiger partial charge in [-0.3, -0.25) is 14.5 Å². The number of halogens is 2. The van der Waals surface area contributed by atoms with E-state index in [4.69, 9.17) is 9.47 Å². The minimum Gasteiger partial charge on any atom is -0.493 e. The summed E-state index contributed by atoms with van der Waals surface area (Å²) in [6.45, 7) is 0.258. The van der Waals surface area contributed by atoms with Gasteiger partial charge in [0.1, 0.15) is 0 Å². The number of hydrogen-bond acceptors (Lipinski definition) is 5. The van der Waals surface area contributed by atoms with Gasteiger partial charge in [-0.05, 0) is 91.8 Å². The topological polar surface area (TPSA) is 55.8 Å².